The van der Waals surface area contributed by atoms with Crippen molar-refractivity contribution in [3.05, 3.63) is 58.9 Å². The Morgan fingerprint density at radius 1 is 1.13 bits per heavy atom. The highest BCUT2D eigenvalue weighted by Gasteiger charge is 2.20. The molecule has 0 radical (unpaired) electrons. The molecule has 1 saturated heterocycles. The van der Waals surface area contributed by atoms with Crippen LogP contribution < -0.4 is 5.32 Å². The Morgan fingerprint density at radius 3 is 2.58 bits per heavy atom. The van der Waals surface area contributed by atoms with Crippen LogP contribution in [0.2, 0.25) is 0 Å². The minimum atomic E-state index is 0. The number of hydrogen-bond acceptors (Lipinski definition) is 6. The number of nitrogens with one attached hydrogen (secondary N) is 1. The number of hydrogen-bond donors (Lipinski definition) is 1. The quantitative estimate of drug-likeness (QED) is 0.286. The zero-order valence-corrected chi connectivity index (χ0v) is 21.1. The lowest BCUT2D eigenvalue weighted by atomic mass is 10.2. The Kier molecular flexibility index (Phi) is 8.85. The fourth-order valence-corrected chi connectivity index (χ4v) is 4.41. The zero-order chi connectivity index (χ0) is 20.8. The number of aliphatic imine (C=N–C) groups is 1. The Hall–Kier alpha value is -1.98. The number of halogens is 1. The number of rotatable bonds is 6. The van der Waals surface area contributed by atoms with Gasteiger partial charge in [0.1, 0.15) is 11.3 Å². The summed E-state index contributed by atoms with van der Waals surface area (Å²) in [7, 11) is 1.85. The van der Waals surface area contributed by atoms with Gasteiger partial charge in [0.2, 0.25) is 0 Å². The summed E-state index contributed by atoms with van der Waals surface area (Å²) >= 11 is 1.71. The van der Waals surface area contributed by atoms with E-state index >= 15 is 0 Å². The number of piperazine rings is 1. The highest BCUT2D eigenvalue weighted by atomic mass is 127. The first-order chi connectivity index (χ1) is 14.7. The molecule has 7 nitrogen and oxygen atoms in total. The van der Waals surface area contributed by atoms with E-state index in [2.05, 4.69) is 61.8 Å². The van der Waals surface area contributed by atoms with Crippen LogP contribution in [0.5, 0.6) is 0 Å². The van der Waals surface area contributed by atoms with Crippen molar-refractivity contribution in [3.8, 4) is 10.6 Å². The summed E-state index contributed by atoms with van der Waals surface area (Å²) in [6.07, 6.45) is 2.51. The van der Waals surface area contributed by atoms with Crippen LogP contribution in [0.1, 0.15) is 17.0 Å². The van der Waals surface area contributed by atoms with E-state index in [1.165, 1.54) is 11.1 Å². The molecule has 0 atom stereocenters. The van der Waals surface area contributed by atoms with Crippen molar-refractivity contribution in [1.29, 1.82) is 0 Å². The maximum atomic E-state index is 4.92. The lowest BCUT2D eigenvalue weighted by molar-refractivity contribution is 0.169. The van der Waals surface area contributed by atoms with Crippen molar-refractivity contribution < 1.29 is 4.52 Å². The molecule has 1 aliphatic rings. The van der Waals surface area contributed by atoms with Crippen LogP contribution in [0, 0.1) is 6.92 Å². The summed E-state index contributed by atoms with van der Waals surface area (Å²) in [5, 5.41) is 10.7. The van der Waals surface area contributed by atoms with Crippen LogP contribution >= 0.6 is 35.3 Å². The van der Waals surface area contributed by atoms with Gasteiger partial charge in [-0.25, -0.2) is 4.98 Å². The summed E-state index contributed by atoms with van der Waals surface area (Å²) in [5.74, 6) is 0.963. The van der Waals surface area contributed by atoms with Gasteiger partial charge in [-0.05, 0) is 6.92 Å². The second-order valence-electron chi connectivity index (χ2n) is 7.49. The zero-order valence-electron chi connectivity index (χ0n) is 18.0. The Bertz CT molecular complexity index is 949. The van der Waals surface area contributed by atoms with Crippen molar-refractivity contribution in [2.75, 3.05) is 39.8 Å². The van der Waals surface area contributed by atoms with Gasteiger partial charge in [0, 0.05) is 69.7 Å². The first kappa shape index (κ1) is 23.7. The molecule has 1 aromatic carbocycles. The SMILES string of the molecule is CN=C(NCCc1csc(-c2ccc(C)cc2)n1)N1CCN(Cc2ccon2)CC1.I. The maximum absolute atomic E-state index is 4.92. The van der Waals surface area contributed by atoms with Gasteiger partial charge in [-0.3, -0.25) is 9.89 Å². The number of aromatic nitrogens is 2. The Labute approximate surface area is 204 Å². The van der Waals surface area contributed by atoms with Crippen LogP contribution in [-0.4, -0.2) is 65.7 Å². The standard InChI is InChI=1S/C22H28N6OS.HI/c1-17-3-5-18(6-4-17)21-25-20(16-30-21)7-9-24-22(23-2)28-12-10-27(11-13-28)15-19-8-14-29-26-19;/h3-6,8,14,16H,7,9-13,15H2,1-2H3,(H,23,24);1H. The molecule has 166 valence electrons. The predicted octanol–water partition coefficient (Wildman–Crippen LogP) is 3.66. The van der Waals surface area contributed by atoms with Crippen molar-refractivity contribution in [2.24, 2.45) is 4.99 Å². The molecule has 9 heteroatoms. The van der Waals surface area contributed by atoms with Gasteiger partial charge < -0.3 is 14.7 Å². The maximum Gasteiger partial charge on any atom is 0.193 e. The fourth-order valence-electron chi connectivity index (χ4n) is 3.55. The number of thiazole rings is 1. The average molecular weight is 552 g/mol. The average Bonchev–Trinajstić information content (AvgIpc) is 3.45. The van der Waals surface area contributed by atoms with Gasteiger partial charge in [0.05, 0.1) is 11.4 Å². The van der Waals surface area contributed by atoms with E-state index in [0.717, 1.165) is 68.0 Å². The van der Waals surface area contributed by atoms with E-state index in [-0.39, 0.29) is 24.0 Å². The minimum absolute atomic E-state index is 0. The first-order valence-corrected chi connectivity index (χ1v) is 11.2. The first-order valence-electron chi connectivity index (χ1n) is 10.3. The molecule has 4 rings (SSSR count). The topological polar surface area (TPSA) is 69.8 Å². The lowest BCUT2D eigenvalue weighted by Gasteiger charge is -2.36. The van der Waals surface area contributed by atoms with E-state index in [1.807, 2.05) is 13.1 Å². The van der Waals surface area contributed by atoms with Crippen molar-refractivity contribution in [2.45, 2.75) is 19.9 Å². The van der Waals surface area contributed by atoms with Crippen LogP contribution in [0.4, 0.5) is 0 Å². The van der Waals surface area contributed by atoms with Crippen molar-refractivity contribution in [3.63, 3.8) is 0 Å². The molecule has 1 fully saturated rings. The number of benzene rings is 1. The molecule has 1 N–H and O–H groups in total. The third-order valence-electron chi connectivity index (χ3n) is 5.27. The van der Waals surface area contributed by atoms with Gasteiger partial charge >= 0.3 is 0 Å². The third-order valence-corrected chi connectivity index (χ3v) is 6.22. The van der Waals surface area contributed by atoms with Gasteiger partial charge in [0.15, 0.2) is 5.96 Å². The molecule has 0 saturated carbocycles. The summed E-state index contributed by atoms with van der Waals surface area (Å²) < 4.78 is 4.92. The molecule has 0 unspecified atom stereocenters. The third kappa shape index (κ3) is 6.50. The van der Waals surface area contributed by atoms with Gasteiger partial charge in [0.25, 0.3) is 0 Å². The van der Waals surface area contributed by atoms with Crippen LogP contribution in [0.25, 0.3) is 10.6 Å². The number of aryl methyl sites for hydroxylation is 1. The Morgan fingerprint density at radius 2 is 1.90 bits per heavy atom. The molecule has 3 aromatic rings. The van der Waals surface area contributed by atoms with Gasteiger partial charge in [-0.1, -0.05) is 35.0 Å². The molecule has 1 aliphatic heterocycles. The van der Waals surface area contributed by atoms with Crippen molar-refractivity contribution >= 4 is 41.3 Å². The van der Waals surface area contributed by atoms with E-state index in [1.54, 1.807) is 17.6 Å². The molecule has 3 heterocycles. The van der Waals surface area contributed by atoms with E-state index in [0.29, 0.717) is 0 Å². The largest absolute Gasteiger partial charge is 0.364 e. The molecule has 31 heavy (non-hydrogen) atoms. The molecule has 0 spiro atoms. The normalized spacial score (nSPS) is 15.0. The van der Waals surface area contributed by atoms with E-state index in [9.17, 15) is 0 Å². The van der Waals surface area contributed by atoms with Crippen LogP contribution in [0.15, 0.2) is 51.5 Å². The van der Waals surface area contributed by atoms with Gasteiger partial charge in [-0.15, -0.1) is 35.3 Å². The van der Waals surface area contributed by atoms with Gasteiger partial charge in [-0.2, -0.15) is 0 Å². The molecular formula is C22H29IN6OS. The Balaban J connectivity index is 0.00000272. The molecule has 0 aliphatic carbocycles. The van der Waals surface area contributed by atoms with Crippen LogP contribution in [0.3, 0.4) is 0 Å². The van der Waals surface area contributed by atoms with Crippen molar-refractivity contribution in [1.82, 2.24) is 25.3 Å². The van der Waals surface area contributed by atoms with E-state index in [4.69, 9.17) is 9.51 Å². The monoisotopic (exact) mass is 552 g/mol. The summed E-state index contributed by atoms with van der Waals surface area (Å²) in [6.45, 7) is 7.63. The number of nitrogens with zero attached hydrogens (tertiary/aromatic N) is 5. The predicted molar refractivity (Wildman–Crippen MR) is 136 cm³/mol. The second-order valence-corrected chi connectivity index (χ2v) is 8.35. The molecular weight excluding hydrogens is 523 g/mol. The fraction of sp³-hybridized carbons (Fsp3) is 0.409. The molecule has 2 aromatic heterocycles. The summed E-state index contributed by atoms with van der Waals surface area (Å²) in [6, 6.07) is 10.5. The number of guanidine groups is 1. The van der Waals surface area contributed by atoms with E-state index < -0.39 is 0 Å². The lowest BCUT2D eigenvalue weighted by Crippen LogP contribution is -2.52. The minimum Gasteiger partial charge on any atom is -0.364 e. The summed E-state index contributed by atoms with van der Waals surface area (Å²) in [5.41, 5.74) is 4.56. The highest BCUT2D eigenvalue weighted by molar-refractivity contribution is 14.0. The highest BCUT2D eigenvalue weighted by Crippen LogP contribution is 2.24. The summed E-state index contributed by atoms with van der Waals surface area (Å²) in [4.78, 5) is 14.0. The molecule has 0 amide bonds. The smallest absolute Gasteiger partial charge is 0.193 e. The van der Waals surface area contributed by atoms with Crippen LogP contribution in [-0.2, 0) is 13.0 Å². The second kappa shape index (κ2) is 11.6. The molecule has 0 bridgehead atoms.